The van der Waals surface area contributed by atoms with E-state index < -0.39 is 5.54 Å². The lowest BCUT2D eigenvalue weighted by molar-refractivity contribution is -0.155. The van der Waals surface area contributed by atoms with Crippen LogP contribution in [0, 0.1) is 5.92 Å². The Morgan fingerprint density at radius 3 is 2.81 bits per heavy atom. The van der Waals surface area contributed by atoms with Gasteiger partial charge in [-0.1, -0.05) is 37.3 Å². The number of hydrogen-bond donors (Lipinski definition) is 2. The zero-order chi connectivity index (χ0) is 15.1. The molecule has 4 nitrogen and oxygen atoms in total. The molecule has 0 aliphatic carbocycles. The second-order valence-corrected chi connectivity index (χ2v) is 5.59. The molecule has 2 rings (SSSR count). The number of carbonyl (C=O) groups is 1. The molecule has 1 saturated heterocycles. The highest BCUT2D eigenvalue weighted by atomic mass is 16.5. The number of hydrogen-bond acceptors (Lipinski definition) is 4. The second-order valence-electron chi connectivity index (χ2n) is 5.59. The van der Waals surface area contributed by atoms with E-state index in [-0.39, 0.29) is 11.9 Å². The van der Waals surface area contributed by atoms with Gasteiger partial charge in [0.05, 0.1) is 6.61 Å². The maximum atomic E-state index is 12.6. The normalized spacial score (nSPS) is 25.5. The summed E-state index contributed by atoms with van der Waals surface area (Å²) in [6.07, 6.45) is 1.73. The van der Waals surface area contributed by atoms with Crippen LogP contribution in [0.5, 0.6) is 0 Å². The molecular weight excluding hydrogens is 264 g/mol. The van der Waals surface area contributed by atoms with Crippen molar-refractivity contribution in [3.8, 4) is 0 Å². The van der Waals surface area contributed by atoms with Crippen LogP contribution in [0.3, 0.4) is 0 Å². The maximum Gasteiger partial charge on any atom is 0.326 e. The third kappa shape index (κ3) is 3.63. The van der Waals surface area contributed by atoms with E-state index in [4.69, 9.17) is 4.74 Å². The zero-order valence-corrected chi connectivity index (χ0v) is 13.0. The van der Waals surface area contributed by atoms with Crippen LogP contribution in [-0.2, 0) is 16.1 Å². The van der Waals surface area contributed by atoms with Crippen LogP contribution in [0.4, 0.5) is 0 Å². The molecule has 0 saturated carbocycles. The predicted octanol–water partition coefficient (Wildman–Crippen LogP) is 2.10. The number of rotatable bonds is 6. The highest BCUT2D eigenvalue weighted by molar-refractivity contribution is 5.81. The molecule has 0 spiro atoms. The van der Waals surface area contributed by atoms with E-state index in [1.807, 2.05) is 25.1 Å². The quantitative estimate of drug-likeness (QED) is 0.788. The molecule has 21 heavy (non-hydrogen) atoms. The van der Waals surface area contributed by atoms with Gasteiger partial charge in [-0.3, -0.25) is 10.1 Å². The minimum absolute atomic E-state index is 0.103. The molecule has 1 aromatic rings. The Morgan fingerprint density at radius 1 is 1.38 bits per heavy atom. The van der Waals surface area contributed by atoms with Gasteiger partial charge in [-0.2, -0.15) is 0 Å². The van der Waals surface area contributed by atoms with E-state index in [0.29, 0.717) is 13.2 Å². The highest BCUT2D eigenvalue weighted by Crippen LogP contribution is 2.29. The Kier molecular flexibility index (Phi) is 5.76. The van der Waals surface area contributed by atoms with Gasteiger partial charge in [0.25, 0.3) is 0 Å². The van der Waals surface area contributed by atoms with Crippen LogP contribution in [0.1, 0.15) is 32.3 Å². The minimum Gasteiger partial charge on any atom is -0.465 e. The van der Waals surface area contributed by atoms with E-state index in [2.05, 4.69) is 29.7 Å². The molecule has 1 fully saturated rings. The van der Waals surface area contributed by atoms with Gasteiger partial charge < -0.3 is 10.1 Å². The molecule has 116 valence electrons. The van der Waals surface area contributed by atoms with Gasteiger partial charge in [0.2, 0.25) is 0 Å². The summed E-state index contributed by atoms with van der Waals surface area (Å²) >= 11 is 0. The summed E-state index contributed by atoms with van der Waals surface area (Å²) in [5.41, 5.74) is 0.626. The van der Waals surface area contributed by atoms with E-state index in [1.165, 1.54) is 5.56 Å². The fourth-order valence-corrected chi connectivity index (χ4v) is 3.12. The van der Waals surface area contributed by atoms with Crippen molar-refractivity contribution in [2.75, 3.05) is 19.7 Å². The number of benzene rings is 1. The molecular formula is C17H26N2O2. The summed E-state index contributed by atoms with van der Waals surface area (Å²) in [6.45, 7) is 6.82. The molecule has 1 heterocycles. The van der Waals surface area contributed by atoms with Crippen molar-refractivity contribution in [2.45, 2.75) is 38.8 Å². The number of carbonyl (C=O) groups excluding carboxylic acids is 1. The van der Waals surface area contributed by atoms with Crippen molar-refractivity contribution in [3.63, 3.8) is 0 Å². The first-order valence-corrected chi connectivity index (χ1v) is 7.89. The molecule has 2 atom stereocenters. The summed E-state index contributed by atoms with van der Waals surface area (Å²) < 4.78 is 5.38. The first-order chi connectivity index (χ1) is 10.2. The van der Waals surface area contributed by atoms with Crippen LogP contribution in [0.2, 0.25) is 0 Å². The van der Waals surface area contributed by atoms with Crippen LogP contribution in [0.25, 0.3) is 0 Å². The van der Waals surface area contributed by atoms with Crippen molar-refractivity contribution in [2.24, 2.45) is 5.92 Å². The van der Waals surface area contributed by atoms with Gasteiger partial charge in [0.1, 0.15) is 5.54 Å². The van der Waals surface area contributed by atoms with Crippen molar-refractivity contribution in [1.29, 1.82) is 0 Å². The van der Waals surface area contributed by atoms with E-state index in [1.54, 1.807) is 0 Å². The number of nitrogens with one attached hydrogen (secondary N) is 2. The van der Waals surface area contributed by atoms with Gasteiger partial charge in [-0.15, -0.1) is 0 Å². The Bertz CT molecular complexity index is 449. The monoisotopic (exact) mass is 290 g/mol. The molecule has 4 heteroatoms. The molecule has 2 unspecified atom stereocenters. The highest BCUT2D eigenvalue weighted by Gasteiger charge is 2.47. The standard InChI is InChI=1S/C17H26N2O2/c1-3-15-13-18-11-10-17(15,16(20)21-4-2)19-12-14-8-6-5-7-9-14/h5-9,15,18-19H,3-4,10-13H2,1-2H3. The first kappa shape index (κ1) is 16.0. The van der Waals surface area contributed by atoms with Gasteiger partial charge >= 0.3 is 5.97 Å². The minimum atomic E-state index is -0.564. The van der Waals surface area contributed by atoms with Crippen LogP contribution in [0.15, 0.2) is 30.3 Å². The summed E-state index contributed by atoms with van der Waals surface area (Å²) in [5.74, 6) is 0.156. The Hall–Kier alpha value is -1.39. The molecule has 0 aromatic heterocycles. The number of ether oxygens (including phenoxy) is 1. The zero-order valence-electron chi connectivity index (χ0n) is 13.0. The summed E-state index contributed by atoms with van der Waals surface area (Å²) in [6, 6.07) is 10.2. The third-order valence-corrected chi connectivity index (χ3v) is 4.37. The molecule has 2 N–H and O–H groups in total. The lowest BCUT2D eigenvalue weighted by atomic mass is 9.76. The van der Waals surface area contributed by atoms with Crippen LogP contribution in [-0.4, -0.2) is 31.2 Å². The van der Waals surface area contributed by atoms with Crippen molar-refractivity contribution < 1.29 is 9.53 Å². The molecule has 1 aromatic carbocycles. The predicted molar refractivity (Wildman–Crippen MR) is 83.9 cm³/mol. The molecule has 0 radical (unpaired) electrons. The van der Waals surface area contributed by atoms with Gasteiger partial charge in [0, 0.05) is 19.0 Å². The van der Waals surface area contributed by atoms with Gasteiger partial charge in [-0.05, 0) is 31.9 Å². The SMILES string of the molecule is CCOC(=O)C1(NCc2ccccc2)CCNCC1CC. The summed E-state index contributed by atoms with van der Waals surface area (Å²) in [7, 11) is 0. The Labute approximate surface area is 127 Å². The fraction of sp³-hybridized carbons (Fsp3) is 0.588. The van der Waals surface area contributed by atoms with Gasteiger partial charge in [0.15, 0.2) is 0 Å². The lowest BCUT2D eigenvalue weighted by Crippen LogP contribution is -2.63. The van der Waals surface area contributed by atoms with Crippen LogP contribution < -0.4 is 10.6 Å². The Morgan fingerprint density at radius 2 is 2.14 bits per heavy atom. The van der Waals surface area contributed by atoms with Crippen molar-refractivity contribution in [3.05, 3.63) is 35.9 Å². The average Bonchev–Trinajstić information content (AvgIpc) is 2.54. The van der Waals surface area contributed by atoms with Crippen LogP contribution >= 0.6 is 0 Å². The molecule has 1 aliphatic heterocycles. The van der Waals surface area contributed by atoms with Gasteiger partial charge in [-0.25, -0.2) is 0 Å². The van der Waals surface area contributed by atoms with E-state index in [0.717, 1.165) is 25.9 Å². The molecule has 0 bridgehead atoms. The van der Waals surface area contributed by atoms with E-state index in [9.17, 15) is 4.79 Å². The maximum absolute atomic E-state index is 12.6. The fourth-order valence-electron chi connectivity index (χ4n) is 3.12. The van der Waals surface area contributed by atoms with E-state index >= 15 is 0 Å². The number of piperidine rings is 1. The average molecular weight is 290 g/mol. The lowest BCUT2D eigenvalue weighted by Gasteiger charge is -2.42. The summed E-state index contributed by atoms with van der Waals surface area (Å²) in [5, 5.41) is 6.91. The first-order valence-electron chi connectivity index (χ1n) is 7.89. The summed E-state index contributed by atoms with van der Waals surface area (Å²) in [4.78, 5) is 12.6. The largest absolute Gasteiger partial charge is 0.465 e. The molecule has 1 aliphatic rings. The topological polar surface area (TPSA) is 50.4 Å². The molecule has 0 amide bonds. The third-order valence-electron chi connectivity index (χ3n) is 4.37. The Balaban J connectivity index is 2.16. The second kappa shape index (κ2) is 7.57. The smallest absolute Gasteiger partial charge is 0.326 e. The van der Waals surface area contributed by atoms with Crippen molar-refractivity contribution in [1.82, 2.24) is 10.6 Å². The number of esters is 1. The van der Waals surface area contributed by atoms with Crippen molar-refractivity contribution >= 4 is 5.97 Å².